The quantitative estimate of drug-likeness (QED) is 0.662. The maximum absolute atomic E-state index is 12.3. The number of hydrogen-bond acceptors (Lipinski definition) is 7. The molecule has 0 aliphatic carbocycles. The first-order chi connectivity index (χ1) is 14.6. The van der Waals surface area contributed by atoms with Gasteiger partial charge in [-0.3, -0.25) is 0 Å². The van der Waals surface area contributed by atoms with Crippen LogP contribution in [0, 0.1) is 12.8 Å². The Labute approximate surface area is 181 Å². The standard InChI is InChI=1S/C23H28N2O4S/c1-16-19(23(27)28-2)15-30-21(16)25-12-6-9-20(25)17-10-13-24(14-11-17)29-22(26)18-7-4-3-5-8-18/h3-5,7-8,15,17,20H,6,9-14H2,1-2H3. The minimum absolute atomic E-state index is 0.265. The highest BCUT2D eigenvalue weighted by Gasteiger charge is 2.36. The lowest BCUT2D eigenvalue weighted by molar-refractivity contribution is -0.127. The molecule has 2 fully saturated rings. The molecule has 160 valence electrons. The van der Waals surface area contributed by atoms with E-state index >= 15 is 0 Å². The van der Waals surface area contributed by atoms with Gasteiger partial charge in [0.1, 0.15) is 0 Å². The first-order valence-corrected chi connectivity index (χ1v) is 11.4. The van der Waals surface area contributed by atoms with Crippen molar-refractivity contribution in [2.45, 2.75) is 38.6 Å². The molecule has 2 aliphatic rings. The second-order valence-corrected chi connectivity index (χ2v) is 8.84. The molecular formula is C23H28N2O4S. The van der Waals surface area contributed by atoms with Crippen molar-refractivity contribution in [3.8, 4) is 0 Å². The first kappa shape index (κ1) is 20.9. The molecule has 0 saturated carbocycles. The third-order valence-corrected chi connectivity index (χ3v) is 7.36. The second-order valence-electron chi connectivity index (χ2n) is 7.99. The summed E-state index contributed by atoms with van der Waals surface area (Å²) in [5, 5.41) is 4.91. The van der Waals surface area contributed by atoms with Crippen LogP contribution in [0.15, 0.2) is 35.7 Å². The van der Waals surface area contributed by atoms with E-state index in [0.29, 0.717) is 23.1 Å². The van der Waals surface area contributed by atoms with E-state index in [9.17, 15) is 9.59 Å². The SMILES string of the molecule is COC(=O)c1csc(N2CCCC2C2CCN(OC(=O)c3ccccc3)CC2)c1C. The minimum Gasteiger partial charge on any atom is -0.465 e. The largest absolute Gasteiger partial charge is 0.465 e. The molecule has 1 atom stereocenters. The van der Waals surface area contributed by atoms with E-state index in [4.69, 9.17) is 9.57 Å². The van der Waals surface area contributed by atoms with Gasteiger partial charge in [0, 0.05) is 31.1 Å². The van der Waals surface area contributed by atoms with Crippen molar-refractivity contribution in [1.82, 2.24) is 5.06 Å². The fourth-order valence-corrected chi connectivity index (χ4v) is 5.78. The van der Waals surface area contributed by atoms with Crippen molar-refractivity contribution in [1.29, 1.82) is 0 Å². The molecule has 7 heteroatoms. The van der Waals surface area contributed by atoms with E-state index in [1.165, 1.54) is 25.0 Å². The zero-order chi connectivity index (χ0) is 21.1. The normalized spacial score (nSPS) is 20.3. The van der Waals surface area contributed by atoms with Gasteiger partial charge >= 0.3 is 11.9 Å². The lowest BCUT2D eigenvalue weighted by Crippen LogP contribution is -2.43. The number of carbonyl (C=O) groups is 2. The molecule has 1 unspecified atom stereocenters. The third-order valence-electron chi connectivity index (χ3n) is 6.24. The Morgan fingerprint density at radius 2 is 1.77 bits per heavy atom. The maximum atomic E-state index is 12.3. The highest BCUT2D eigenvalue weighted by Crippen LogP contribution is 2.40. The Kier molecular flexibility index (Phi) is 6.39. The van der Waals surface area contributed by atoms with Crippen molar-refractivity contribution in [2.24, 2.45) is 5.92 Å². The summed E-state index contributed by atoms with van der Waals surface area (Å²) < 4.78 is 4.91. The van der Waals surface area contributed by atoms with Crippen LogP contribution < -0.4 is 4.90 Å². The van der Waals surface area contributed by atoms with E-state index in [1.54, 1.807) is 28.5 Å². The molecule has 2 aliphatic heterocycles. The number of nitrogens with zero attached hydrogens (tertiary/aromatic N) is 2. The van der Waals surface area contributed by atoms with E-state index in [1.807, 2.05) is 30.5 Å². The van der Waals surface area contributed by atoms with Gasteiger partial charge in [-0.15, -0.1) is 16.4 Å². The Bertz CT molecular complexity index is 890. The van der Waals surface area contributed by atoms with Gasteiger partial charge in [-0.1, -0.05) is 18.2 Å². The minimum atomic E-state index is -0.291. The number of piperidine rings is 1. The molecular weight excluding hydrogens is 400 g/mol. The molecule has 0 N–H and O–H groups in total. The average Bonchev–Trinajstić information content (AvgIpc) is 3.41. The highest BCUT2D eigenvalue weighted by molar-refractivity contribution is 7.14. The monoisotopic (exact) mass is 428 g/mol. The number of hydroxylamine groups is 2. The fourth-order valence-electron chi connectivity index (χ4n) is 4.63. The molecule has 0 amide bonds. The maximum Gasteiger partial charge on any atom is 0.357 e. The van der Waals surface area contributed by atoms with Gasteiger partial charge in [0.05, 0.1) is 23.2 Å². The van der Waals surface area contributed by atoms with Crippen molar-refractivity contribution in [2.75, 3.05) is 31.6 Å². The summed E-state index contributed by atoms with van der Waals surface area (Å²) in [6, 6.07) is 9.60. The van der Waals surface area contributed by atoms with Crippen LogP contribution in [0.2, 0.25) is 0 Å². The van der Waals surface area contributed by atoms with Gasteiger partial charge in [0.25, 0.3) is 0 Å². The lowest BCUT2D eigenvalue weighted by atomic mass is 9.88. The highest BCUT2D eigenvalue weighted by atomic mass is 32.1. The second kappa shape index (κ2) is 9.18. The molecule has 6 nitrogen and oxygen atoms in total. The summed E-state index contributed by atoms with van der Waals surface area (Å²) in [5.74, 6) is 0.00244. The summed E-state index contributed by atoms with van der Waals surface area (Å²) >= 11 is 1.64. The number of hydrogen-bond donors (Lipinski definition) is 0. The summed E-state index contributed by atoms with van der Waals surface area (Å²) in [6.45, 7) is 4.55. The molecule has 0 bridgehead atoms. The van der Waals surface area contributed by atoms with Crippen LogP contribution in [0.1, 0.15) is 52.0 Å². The Morgan fingerprint density at radius 3 is 2.47 bits per heavy atom. The Balaban J connectivity index is 1.37. The van der Waals surface area contributed by atoms with Gasteiger partial charge < -0.3 is 14.5 Å². The van der Waals surface area contributed by atoms with Crippen LogP contribution in [0.4, 0.5) is 5.00 Å². The van der Waals surface area contributed by atoms with Gasteiger partial charge in [0.2, 0.25) is 0 Å². The number of methoxy groups -OCH3 is 1. The van der Waals surface area contributed by atoms with Crippen LogP contribution in [-0.4, -0.2) is 49.8 Å². The van der Waals surface area contributed by atoms with E-state index < -0.39 is 0 Å². The molecule has 0 spiro atoms. The Morgan fingerprint density at radius 1 is 1.03 bits per heavy atom. The van der Waals surface area contributed by atoms with Crippen LogP contribution in [0.3, 0.4) is 0 Å². The average molecular weight is 429 g/mol. The number of benzene rings is 1. The van der Waals surface area contributed by atoms with Crippen molar-refractivity contribution in [3.05, 3.63) is 52.4 Å². The topological polar surface area (TPSA) is 59.1 Å². The number of carbonyl (C=O) groups excluding carboxylic acids is 2. The fraction of sp³-hybridized carbons (Fsp3) is 0.478. The smallest absolute Gasteiger partial charge is 0.357 e. The van der Waals surface area contributed by atoms with Gasteiger partial charge in [-0.2, -0.15) is 0 Å². The molecule has 4 rings (SSSR count). The van der Waals surface area contributed by atoms with E-state index in [2.05, 4.69) is 4.90 Å². The lowest BCUT2D eigenvalue weighted by Gasteiger charge is -2.38. The Hall–Kier alpha value is -2.38. The van der Waals surface area contributed by atoms with Gasteiger partial charge in [-0.05, 0) is 56.2 Å². The van der Waals surface area contributed by atoms with Crippen LogP contribution in [-0.2, 0) is 9.57 Å². The van der Waals surface area contributed by atoms with E-state index in [-0.39, 0.29) is 11.9 Å². The third kappa shape index (κ3) is 4.23. The molecule has 1 aromatic heterocycles. The molecule has 3 heterocycles. The first-order valence-electron chi connectivity index (χ1n) is 10.5. The number of anilines is 1. The summed E-state index contributed by atoms with van der Waals surface area (Å²) in [4.78, 5) is 32.4. The number of thiophene rings is 1. The molecule has 2 saturated heterocycles. The van der Waals surface area contributed by atoms with Crippen molar-refractivity contribution < 1.29 is 19.2 Å². The van der Waals surface area contributed by atoms with Crippen molar-refractivity contribution >= 4 is 28.3 Å². The molecule has 2 aromatic rings. The van der Waals surface area contributed by atoms with Crippen LogP contribution in [0.5, 0.6) is 0 Å². The van der Waals surface area contributed by atoms with Crippen LogP contribution >= 0.6 is 11.3 Å². The summed E-state index contributed by atoms with van der Waals surface area (Å²) in [5.41, 5.74) is 2.27. The van der Waals surface area contributed by atoms with E-state index in [0.717, 1.165) is 38.0 Å². The molecule has 30 heavy (non-hydrogen) atoms. The predicted octanol–water partition coefficient (Wildman–Crippen LogP) is 4.30. The van der Waals surface area contributed by atoms with Gasteiger partial charge in [-0.25, -0.2) is 9.59 Å². The zero-order valence-corrected chi connectivity index (χ0v) is 18.3. The molecule has 0 radical (unpaired) electrons. The predicted molar refractivity (Wildman–Crippen MR) is 117 cm³/mol. The number of ether oxygens (including phenoxy) is 1. The number of esters is 1. The zero-order valence-electron chi connectivity index (χ0n) is 17.5. The number of rotatable bonds is 5. The van der Waals surface area contributed by atoms with Crippen LogP contribution in [0.25, 0.3) is 0 Å². The molecule has 1 aromatic carbocycles. The summed E-state index contributed by atoms with van der Waals surface area (Å²) in [7, 11) is 1.43. The van der Waals surface area contributed by atoms with Crippen molar-refractivity contribution in [3.63, 3.8) is 0 Å². The summed E-state index contributed by atoms with van der Waals surface area (Å²) in [6.07, 6.45) is 4.33. The van der Waals surface area contributed by atoms with Gasteiger partial charge in [0.15, 0.2) is 0 Å².